The lowest BCUT2D eigenvalue weighted by Gasteiger charge is -2.17. The number of sulfone groups is 1. The Bertz CT molecular complexity index is 1150. The Hall–Kier alpha value is -2.39. The van der Waals surface area contributed by atoms with E-state index in [0.29, 0.717) is 14.9 Å². The van der Waals surface area contributed by atoms with Gasteiger partial charge in [-0.1, -0.05) is 41.4 Å². The van der Waals surface area contributed by atoms with Gasteiger partial charge >= 0.3 is 11.8 Å². The molecule has 3 rings (SSSR count). The predicted octanol–water partition coefficient (Wildman–Crippen LogP) is 4.00. The SMILES string of the molecule is O=C(NCc1ccc(Cl)cc1)C(=O)NCC(c1cccs1)S(=O)(=O)c1ccc(Cl)cc1. The minimum Gasteiger partial charge on any atom is -0.346 e. The van der Waals surface area contributed by atoms with Crippen molar-refractivity contribution in [3.05, 3.63) is 86.5 Å². The molecule has 10 heteroatoms. The van der Waals surface area contributed by atoms with Crippen LogP contribution in [0.4, 0.5) is 0 Å². The highest BCUT2D eigenvalue weighted by molar-refractivity contribution is 7.91. The van der Waals surface area contributed by atoms with Crippen molar-refractivity contribution >= 4 is 56.2 Å². The summed E-state index contributed by atoms with van der Waals surface area (Å²) >= 11 is 12.9. The van der Waals surface area contributed by atoms with Gasteiger partial charge in [-0.3, -0.25) is 9.59 Å². The third kappa shape index (κ3) is 6.07. The van der Waals surface area contributed by atoms with Gasteiger partial charge in [-0.05, 0) is 53.4 Å². The second kappa shape index (κ2) is 10.3. The van der Waals surface area contributed by atoms with Crippen LogP contribution in [0.5, 0.6) is 0 Å². The zero-order valence-electron chi connectivity index (χ0n) is 16.0. The van der Waals surface area contributed by atoms with Gasteiger partial charge in [0.2, 0.25) is 0 Å². The second-order valence-electron chi connectivity index (χ2n) is 6.52. The Balaban J connectivity index is 1.68. The smallest absolute Gasteiger partial charge is 0.309 e. The molecule has 0 aliphatic carbocycles. The van der Waals surface area contributed by atoms with Gasteiger partial charge in [-0.2, -0.15) is 0 Å². The molecule has 1 unspecified atom stereocenters. The quantitative estimate of drug-likeness (QED) is 0.483. The second-order valence-corrected chi connectivity index (χ2v) is 10.5. The molecule has 0 radical (unpaired) electrons. The van der Waals surface area contributed by atoms with Crippen LogP contribution in [0.3, 0.4) is 0 Å². The van der Waals surface area contributed by atoms with Gasteiger partial charge in [0.05, 0.1) is 4.90 Å². The molecule has 2 N–H and O–H groups in total. The number of nitrogens with one attached hydrogen (secondary N) is 2. The van der Waals surface area contributed by atoms with Crippen LogP contribution in [0.15, 0.2) is 70.9 Å². The highest BCUT2D eigenvalue weighted by Crippen LogP contribution is 2.31. The van der Waals surface area contributed by atoms with Crippen LogP contribution < -0.4 is 10.6 Å². The summed E-state index contributed by atoms with van der Waals surface area (Å²) in [4.78, 5) is 25.0. The van der Waals surface area contributed by atoms with Crippen molar-refractivity contribution in [3.63, 3.8) is 0 Å². The largest absolute Gasteiger partial charge is 0.346 e. The molecule has 0 saturated heterocycles. The molecular formula is C21H18Cl2N2O4S2. The molecule has 31 heavy (non-hydrogen) atoms. The Morgan fingerprint density at radius 2 is 1.45 bits per heavy atom. The van der Waals surface area contributed by atoms with E-state index < -0.39 is 26.9 Å². The number of thiophene rings is 1. The Morgan fingerprint density at radius 3 is 2.03 bits per heavy atom. The molecule has 162 valence electrons. The summed E-state index contributed by atoms with van der Waals surface area (Å²) in [6.45, 7) is -0.112. The summed E-state index contributed by atoms with van der Waals surface area (Å²) in [6.07, 6.45) is 0. The number of carbonyl (C=O) groups is 2. The first-order valence-electron chi connectivity index (χ1n) is 9.10. The van der Waals surface area contributed by atoms with Gasteiger partial charge in [-0.25, -0.2) is 8.42 Å². The summed E-state index contributed by atoms with van der Waals surface area (Å²) in [6, 6.07) is 16.0. The zero-order valence-corrected chi connectivity index (χ0v) is 19.2. The number of hydrogen-bond donors (Lipinski definition) is 2. The summed E-state index contributed by atoms with van der Waals surface area (Å²) in [5.41, 5.74) is 0.771. The zero-order chi connectivity index (χ0) is 22.4. The standard InChI is InChI=1S/C21H18Cl2N2O4S2/c22-15-5-3-14(4-6-15)12-24-20(26)21(27)25-13-19(18-2-1-11-30-18)31(28,29)17-9-7-16(23)8-10-17/h1-11,19H,12-13H2,(H,24,26)(H,25,27). The average molecular weight is 497 g/mol. The average Bonchev–Trinajstić information content (AvgIpc) is 3.27. The molecule has 2 amide bonds. The molecule has 1 aromatic heterocycles. The van der Waals surface area contributed by atoms with Gasteiger partial charge in [0, 0.05) is 28.0 Å². The highest BCUT2D eigenvalue weighted by Gasteiger charge is 2.31. The fourth-order valence-corrected chi connectivity index (χ4v) is 5.79. The number of halogens is 2. The van der Waals surface area contributed by atoms with Crippen LogP contribution >= 0.6 is 34.5 Å². The maximum atomic E-state index is 13.2. The first-order valence-corrected chi connectivity index (χ1v) is 12.3. The molecule has 0 aliphatic heterocycles. The molecule has 1 heterocycles. The van der Waals surface area contributed by atoms with E-state index in [0.717, 1.165) is 5.56 Å². The number of benzene rings is 2. The van der Waals surface area contributed by atoms with Crippen LogP contribution in [0.25, 0.3) is 0 Å². The lowest BCUT2D eigenvalue weighted by atomic mass is 10.2. The topological polar surface area (TPSA) is 92.3 Å². The number of carbonyl (C=O) groups excluding carboxylic acids is 2. The van der Waals surface area contributed by atoms with Crippen LogP contribution in [0.1, 0.15) is 15.7 Å². The van der Waals surface area contributed by atoms with Crippen LogP contribution in [0.2, 0.25) is 10.0 Å². The van der Waals surface area contributed by atoms with Crippen LogP contribution in [0, 0.1) is 0 Å². The monoisotopic (exact) mass is 496 g/mol. The van der Waals surface area contributed by atoms with E-state index in [1.807, 2.05) is 0 Å². The molecule has 0 spiro atoms. The van der Waals surface area contributed by atoms with Gasteiger partial charge in [0.25, 0.3) is 0 Å². The van der Waals surface area contributed by atoms with E-state index in [9.17, 15) is 18.0 Å². The molecule has 6 nitrogen and oxygen atoms in total. The minimum atomic E-state index is -3.83. The highest BCUT2D eigenvalue weighted by atomic mass is 35.5. The van der Waals surface area contributed by atoms with E-state index in [4.69, 9.17) is 23.2 Å². The van der Waals surface area contributed by atoms with E-state index in [1.165, 1.54) is 35.6 Å². The maximum Gasteiger partial charge on any atom is 0.309 e. The molecular weight excluding hydrogens is 479 g/mol. The third-order valence-electron chi connectivity index (χ3n) is 4.40. The van der Waals surface area contributed by atoms with Crippen molar-refractivity contribution in [1.82, 2.24) is 10.6 Å². The molecule has 1 atom stereocenters. The number of amides is 2. The fourth-order valence-electron chi connectivity index (χ4n) is 2.76. The molecule has 0 fully saturated rings. The Labute approximate surface area is 194 Å². The minimum absolute atomic E-state index is 0.0803. The fraction of sp³-hybridized carbons (Fsp3) is 0.143. The van der Waals surface area contributed by atoms with E-state index in [-0.39, 0.29) is 18.0 Å². The van der Waals surface area contributed by atoms with Gasteiger partial charge in [0.15, 0.2) is 9.84 Å². The molecule has 0 bridgehead atoms. The Kier molecular flexibility index (Phi) is 7.72. The van der Waals surface area contributed by atoms with Crippen molar-refractivity contribution in [3.8, 4) is 0 Å². The molecule has 2 aromatic carbocycles. The van der Waals surface area contributed by atoms with Gasteiger partial charge in [-0.15, -0.1) is 11.3 Å². The van der Waals surface area contributed by atoms with Gasteiger partial charge < -0.3 is 10.6 Å². The van der Waals surface area contributed by atoms with Crippen molar-refractivity contribution < 1.29 is 18.0 Å². The normalized spacial score (nSPS) is 12.2. The lowest BCUT2D eigenvalue weighted by molar-refractivity contribution is -0.139. The van der Waals surface area contributed by atoms with E-state index in [1.54, 1.807) is 41.8 Å². The van der Waals surface area contributed by atoms with Crippen LogP contribution in [-0.4, -0.2) is 26.8 Å². The van der Waals surface area contributed by atoms with Crippen molar-refractivity contribution in [2.24, 2.45) is 0 Å². The van der Waals surface area contributed by atoms with Crippen molar-refractivity contribution in [2.45, 2.75) is 16.7 Å². The molecule has 0 aliphatic rings. The lowest BCUT2D eigenvalue weighted by Crippen LogP contribution is -2.42. The first-order chi connectivity index (χ1) is 14.8. The van der Waals surface area contributed by atoms with Crippen molar-refractivity contribution in [2.75, 3.05) is 6.54 Å². The summed E-state index contributed by atoms with van der Waals surface area (Å²) in [5, 5.41) is 6.62. The van der Waals surface area contributed by atoms with Gasteiger partial charge in [0.1, 0.15) is 5.25 Å². The summed E-state index contributed by atoms with van der Waals surface area (Å²) in [5.74, 6) is -1.77. The van der Waals surface area contributed by atoms with E-state index in [2.05, 4.69) is 10.6 Å². The maximum absolute atomic E-state index is 13.2. The van der Waals surface area contributed by atoms with Crippen molar-refractivity contribution in [1.29, 1.82) is 0 Å². The molecule has 0 saturated carbocycles. The number of rotatable bonds is 7. The predicted molar refractivity (Wildman–Crippen MR) is 122 cm³/mol. The Morgan fingerprint density at radius 1 is 0.871 bits per heavy atom. The van der Waals surface area contributed by atoms with Crippen LogP contribution in [-0.2, 0) is 26.0 Å². The summed E-state index contributed by atoms with van der Waals surface area (Å²) < 4.78 is 26.3. The number of hydrogen-bond acceptors (Lipinski definition) is 5. The summed E-state index contributed by atoms with van der Waals surface area (Å²) in [7, 11) is -3.83. The first kappa shape index (κ1) is 23.3. The third-order valence-corrected chi connectivity index (χ3v) is 8.14. The molecule has 3 aromatic rings. The van der Waals surface area contributed by atoms with E-state index >= 15 is 0 Å².